The SMILES string of the molecule is Cc1ccccc1N(c1ccc2c(c1)C(C)(C)c1cc3c(cc1-2)C(C)(C)c1ccc2c(oc4ccccc42)c1-3)c1ccc2c(c1)C(C)(C)c1cc3c(cc1-2)C(C)(C)c1ccc2oc4ccccc4c2c1-3. The Morgan fingerprint density at radius 2 is 0.814 bits per heavy atom. The van der Waals surface area contributed by atoms with E-state index >= 15 is 0 Å². The quantitative estimate of drug-likeness (QED) is 0.177. The van der Waals surface area contributed by atoms with Crippen molar-refractivity contribution in [3.05, 3.63) is 208 Å². The van der Waals surface area contributed by atoms with Crippen molar-refractivity contribution >= 4 is 60.9 Å². The van der Waals surface area contributed by atoms with Crippen LogP contribution in [0.1, 0.15) is 105 Å². The van der Waals surface area contributed by atoms with Crippen molar-refractivity contribution in [3.8, 4) is 44.5 Å². The Balaban J connectivity index is 0.864. The van der Waals surface area contributed by atoms with Crippen LogP contribution in [0.3, 0.4) is 0 Å². The van der Waals surface area contributed by atoms with E-state index in [4.69, 9.17) is 8.83 Å². The minimum absolute atomic E-state index is 0.163. The normalized spacial score (nSPS) is 16.5. The molecule has 0 saturated carbocycles. The second kappa shape index (κ2) is 13.0. The van der Waals surface area contributed by atoms with Gasteiger partial charge in [-0.15, -0.1) is 0 Å². The summed E-state index contributed by atoms with van der Waals surface area (Å²) in [6.07, 6.45) is 0. The van der Waals surface area contributed by atoms with E-state index in [2.05, 4.69) is 225 Å². The van der Waals surface area contributed by atoms with Crippen LogP contribution in [-0.2, 0) is 21.7 Å². The van der Waals surface area contributed by atoms with E-state index in [1.54, 1.807) is 0 Å². The number of hydrogen-bond donors (Lipinski definition) is 0. The molecular weight excluding hydrogens is 851 g/mol. The molecule has 70 heavy (non-hydrogen) atoms. The first-order valence-corrected chi connectivity index (χ1v) is 25.1. The smallest absolute Gasteiger partial charge is 0.143 e. The van der Waals surface area contributed by atoms with Gasteiger partial charge in [0.25, 0.3) is 0 Å². The third kappa shape index (κ3) is 4.86. The molecule has 0 bridgehead atoms. The molecule has 2 aromatic heterocycles. The summed E-state index contributed by atoms with van der Waals surface area (Å²) in [6, 6.07) is 59.5. The molecule has 0 saturated heterocycles. The van der Waals surface area contributed by atoms with E-state index in [1.165, 1.54) is 127 Å². The highest BCUT2D eigenvalue weighted by atomic mass is 16.3. The van der Waals surface area contributed by atoms with Crippen LogP contribution in [0.4, 0.5) is 17.1 Å². The van der Waals surface area contributed by atoms with E-state index in [0.29, 0.717) is 0 Å². The Labute approximate surface area is 409 Å². The molecule has 15 rings (SSSR count). The zero-order valence-electron chi connectivity index (χ0n) is 41.3. The van der Waals surface area contributed by atoms with Gasteiger partial charge in [0.05, 0.1) is 0 Å². The van der Waals surface area contributed by atoms with E-state index < -0.39 is 0 Å². The van der Waals surface area contributed by atoms with E-state index in [1.807, 2.05) is 0 Å². The van der Waals surface area contributed by atoms with Crippen molar-refractivity contribution in [3.63, 3.8) is 0 Å². The van der Waals surface area contributed by atoms with Gasteiger partial charge in [-0.25, -0.2) is 0 Å². The summed E-state index contributed by atoms with van der Waals surface area (Å²) in [6.45, 7) is 21.5. The molecule has 0 spiro atoms. The minimum Gasteiger partial charge on any atom is -0.456 e. The summed E-state index contributed by atoms with van der Waals surface area (Å²) >= 11 is 0. The van der Waals surface area contributed by atoms with Gasteiger partial charge < -0.3 is 13.7 Å². The number of nitrogens with zero attached hydrogens (tertiary/aromatic N) is 1. The van der Waals surface area contributed by atoms with Crippen LogP contribution in [-0.4, -0.2) is 0 Å². The predicted molar refractivity (Wildman–Crippen MR) is 291 cm³/mol. The summed E-state index contributed by atoms with van der Waals surface area (Å²) in [5, 5.41) is 4.77. The van der Waals surface area contributed by atoms with E-state index in [9.17, 15) is 0 Å². The highest BCUT2D eigenvalue weighted by Gasteiger charge is 2.45. The maximum Gasteiger partial charge on any atom is 0.143 e. The van der Waals surface area contributed by atoms with Gasteiger partial charge in [0.1, 0.15) is 22.3 Å². The highest BCUT2D eigenvalue weighted by Crippen LogP contribution is 2.61. The zero-order chi connectivity index (χ0) is 47.5. The maximum absolute atomic E-state index is 6.73. The Kier molecular flexibility index (Phi) is 7.46. The van der Waals surface area contributed by atoms with Crippen molar-refractivity contribution in [1.29, 1.82) is 0 Å². The van der Waals surface area contributed by atoms with E-state index in [-0.39, 0.29) is 21.7 Å². The lowest BCUT2D eigenvalue weighted by atomic mass is 9.79. The number of benzene rings is 9. The Hall–Kier alpha value is -7.62. The molecule has 3 heteroatoms. The van der Waals surface area contributed by atoms with Crippen LogP contribution < -0.4 is 4.90 Å². The van der Waals surface area contributed by atoms with E-state index in [0.717, 1.165) is 28.0 Å². The average Bonchev–Trinajstić information content (AvgIpc) is 4.14. The van der Waals surface area contributed by atoms with Crippen molar-refractivity contribution in [2.24, 2.45) is 0 Å². The van der Waals surface area contributed by atoms with Crippen LogP contribution in [0.5, 0.6) is 0 Å². The molecule has 0 unspecified atom stereocenters. The molecule has 0 fully saturated rings. The number of para-hydroxylation sites is 3. The number of furan rings is 2. The molecule has 4 aliphatic carbocycles. The summed E-state index contributed by atoms with van der Waals surface area (Å²) in [5.41, 5.74) is 29.2. The van der Waals surface area contributed by atoms with Gasteiger partial charge in [-0.05, 0) is 169 Å². The Morgan fingerprint density at radius 1 is 0.343 bits per heavy atom. The van der Waals surface area contributed by atoms with Crippen molar-refractivity contribution in [2.45, 2.75) is 84.0 Å². The maximum atomic E-state index is 6.73. The predicted octanol–water partition coefficient (Wildman–Crippen LogP) is 18.5. The summed E-state index contributed by atoms with van der Waals surface area (Å²) in [5.74, 6) is 0. The number of aryl methyl sites for hydroxylation is 1. The van der Waals surface area contributed by atoms with Crippen LogP contribution >= 0.6 is 0 Å². The molecule has 9 aromatic carbocycles. The molecule has 0 amide bonds. The minimum atomic E-state index is -0.246. The zero-order valence-corrected chi connectivity index (χ0v) is 41.3. The van der Waals surface area contributed by atoms with Crippen LogP contribution in [0.2, 0.25) is 0 Å². The lowest BCUT2D eigenvalue weighted by molar-refractivity contribution is 0.649. The average molecular weight is 904 g/mol. The largest absolute Gasteiger partial charge is 0.456 e. The summed E-state index contributed by atoms with van der Waals surface area (Å²) in [4.78, 5) is 2.51. The fourth-order valence-corrected chi connectivity index (χ4v) is 14.0. The molecule has 2 heterocycles. The lowest BCUT2D eigenvalue weighted by Crippen LogP contribution is -2.18. The van der Waals surface area contributed by atoms with Crippen molar-refractivity contribution < 1.29 is 8.83 Å². The van der Waals surface area contributed by atoms with Gasteiger partial charge in [-0.1, -0.05) is 140 Å². The Morgan fingerprint density at radius 3 is 1.44 bits per heavy atom. The summed E-state index contributed by atoms with van der Waals surface area (Å²) < 4.78 is 13.2. The Bertz CT molecular complexity index is 4200. The van der Waals surface area contributed by atoms with Gasteiger partial charge in [0, 0.05) is 65.8 Å². The number of anilines is 3. The lowest BCUT2D eigenvalue weighted by Gasteiger charge is -2.30. The number of rotatable bonds is 3. The van der Waals surface area contributed by atoms with Gasteiger partial charge >= 0.3 is 0 Å². The van der Waals surface area contributed by atoms with Crippen LogP contribution in [0, 0.1) is 6.92 Å². The molecule has 0 radical (unpaired) electrons. The number of fused-ring (bicyclic) bond motifs is 20. The van der Waals surface area contributed by atoms with Gasteiger partial charge in [0.2, 0.25) is 0 Å². The highest BCUT2D eigenvalue weighted by molar-refractivity contribution is 6.16. The molecule has 11 aromatic rings. The second-order valence-electron chi connectivity index (χ2n) is 22.9. The van der Waals surface area contributed by atoms with Gasteiger partial charge in [-0.3, -0.25) is 0 Å². The molecule has 4 aliphatic rings. The molecule has 3 nitrogen and oxygen atoms in total. The standard InChI is InChI=1S/C67H53NO2/c1-36-16-10-13-19-56(36)68(37-22-24-39-44-32-54-46(34-52(44)66(6,7)50(39)30-37)60-48(64(54,2)3)28-29-59-62(60)43-18-12-15-21-58(43)69-59)38-23-25-40-45-33-55-47(35-53(45)67(8,9)51(40)31-38)61-49(65(55,4)5)27-26-42-41-17-11-14-20-57(41)70-63(42)61/h10-35H,1-9H3. The molecule has 0 N–H and O–H groups in total. The first-order chi connectivity index (χ1) is 33.6. The third-order valence-corrected chi connectivity index (χ3v) is 17.8. The number of hydrogen-bond acceptors (Lipinski definition) is 3. The fourth-order valence-electron chi connectivity index (χ4n) is 14.0. The van der Waals surface area contributed by atoms with Crippen LogP contribution in [0.25, 0.3) is 88.4 Å². The van der Waals surface area contributed by atoms with Crippen LogP contribution in [0.15, 0.2) is 167 Å². The molecule has 0 atom stereocenters. The third-order valence-electron chi connectivity index (χ3n) is 17.8. The second-order valence-corrected chi connectivity index (χ2v) is 22.9. The monoisotopic (exact) mass is 903 g/mol. The molecular formula is C67H53NO2. The molecule has 338 valence electrons. The van der Waals surface area contributed by atoms with Crippen molar-refractivity contribution in [2.75, 3.05) is 4.90 Å². The fraction of sp³-hybridized carbons (Fsp3) is 0.194. The van der Waals surface area contributed by atoms with Gasteiger partial charge in [-0.2, -0.15) is 0 Å². The van der Waals surface area contributed by atoms with Gasteiger partial charge in [0.15, 0.2) is 0 Å². The molecule has 0 aliphatic heterocycles. The summed E-state index contributed by atoms with van der Waals surface area (Å²) in [7, 11) is 0. The first-order valence-electron chi connectivity index (χ1n) is 25.1. The van der Waals surface area contributed by atoms with Crippen molar-refractivity contribution in [1.82, 2.24) is 0 Å². The first kappa shape index (κ1) is 40.3. The topological polar surface area (TPSA) is 29.5 Å².